The zero-order chi connectivity index (χ0) is 15.8. The lowest BCUT2D eigenvalue weighted by atomic mass is 9.88. The van der Waals surface area contributed by atoms with E-state index in [0.29, 0.717) is 12.5 Å². The molecule has 128 valence electrons. The van der Waals surface area contributed by atoms with Gasteiger partial charge < -0.3 is 20.1 Å². The zero-order valence-corrected chi connectivity index (χ0v) is 13.9. The van der Waals surface area contributed by atoms with Crippen LogP contribution in [0, 0.1) is 5.92 Å². The summed E-state index contributed by atoms with van der Waals surface area (Å²) in [5.74, 6) is 0.586. The molecule has 1 saturated heterocycles. The molecule has 1 aliphatic heterocycles. The minimum Gasteiger partial charge on any atom is -0.393 e. The summed E-state index contributed by atoms with van der Waals surface area (Å²) in [4.78, 5) is 14.2. The van der Waals surface area contributed by atoms with Crippen LogP contribution in [0.3, 0.4) is 0 Å². The van der Waals surface area contributed by atoms with E-state index in [9.17, 15) is 9.90 Å². The summed E-state index contributed by atoms with van der Waals surface area (Å²) in [6.45, 7) is 6.06. The normalized spacial score (nSPS) is 27.7. The van der Waals surface area contributed by atoms with Gasteiger partial charge in [-0.15, -0.1) is 0 Å². The number of nitrogens with one attached hydrogen (secondary N) is 1. The van der Waals surface area contributed by atoms with Crippen LogP contribution in [0.15, 0.2) is 0 Å². The van der Waals surface area contributed by atoms with Gasteiger partial charge in [-0.2, -0.15) is 0 Å². The van der Waals surface area contributed by atoms with E-state index in [4.69, 9.17) is 4.74 Å². The van der Waals surface area contributed by atoms with Crippen LogP contribution in [0.4, 0.5) is 0 Å². The van der Waals surface area contributed by atoms with Crippen molar-refractivity contribution < 1.29 is 14.6 Å². The number of hydrogen-bond donors (Lipinski definition) is 2. The van der Waals surface area contributed by atoms with Crippen molar-refractivity contribution in [2.75, 3.05) is 32.8 Å². The zero-order valence-electron chi connectivity index (χ0n) is 13.9. The summed E-state index contributed by atoms with van der Waals surface area (Å²) in [5.41, 5.74) is 0. The van der Waals surface area contributed by atoms with Crippen LogP contribution in [-0.2, 0) is 9.53 Å². The highest BCUT2D eigenvalue weighted by Crippen LogP contribution is 2.26. The molecule has 2 atom stereocenters. The Hall–Kier alpha value is -0.650. The first-order valence-electron chi connectivity index (χ1n) is 8.94. The number of ether oxygens (including phenoxy) is 1. The Morgan fingerprint density at radius 2 is 1.95 bits per heavy atom. The number of hydrogen-bond acceptors (Lipinski definition) is 4. The molecule has 1 amide bonds. The van der Waals surface area contributed by atoms with Crippen LogP contribution in [0.25, 0.3) is 0 Å². The number of likely N-dealkylation sites (tertiary alicyclic amines) is 1. The molecule has 5 heteroatoms. The van der Waals surface area contributed by atoms with Gasteiger partial charge in [0, 0.05) is 19.6 Å². The molecule has 1 aliphatic carbocycles. The lowest BCUT2D eigenvalue weighted by molar-refractivity contribution is -0.129. The van der Waals surface area contributed by atoms with E-state index >= 15 is 0 Å². The molecule has 5 nitrogen and oxygen atoms in total. The van der Waals surface area contributed by atoms with E-state index < -0.39 is 0 Å². The topological polar surface area (TPSA) is 61.8 Å². The maximum Gasteiger partial charge on any atom is 0.246 e. The van der Waals surface area contributed by atoms with Crippen molar-refractivity contribution in [1.29, 1.82) is 0 Å². The molecule has 2 unspecified atom stereocenters. The molecule has 0 radical (unpaired) electrons. The molecular weight excluding hydrogens is 280 g/mol. The molecule has 1 heterocycles. The Morgan fingerprint density at radius 3 is 2.68 bits per heavy atom. The number of amides is 1. The Labute approximate surface area is 134 Å². The molecule has 2 N–H and O–H groups in total. The first-order valence-corrected chi connectivity index (χ1v) is 8.94. The predicted octanol–water partition coefficient (Wildman–Crippen LogP) is 1.54. The van der Waals surface area contributed by atoms with Crippen molar-refractivity contribution in [2.45, 2.75) is 64.1 Å². The van der Waals surface area contributed by atoms with Crippen molar-refractivity contribution in [2.24, 2.45) is 5.92 Å². The fourth-order valence-corrected chi connectivity index (χ4v) is 3.44. The molecule has 2 rings (SSSR count). The molecule has 0 aromatic carbocycles. The summed E-state index contributed by atoms with van der Waals surface area (Å²) in [5, 5.41) is 12.4. The maximum absolute atomic E-state index is 11.8. The second kappa shape index (κ2) is 9.48. The highest BCUT2D eigenvalue weighted by atomic mass is 16.5. The Bertz CT molecular complexity index is 330. The second-order valence-electron chi connectivity index (χ2n) is 6.89. The third-order valence-electron chi connectivity index (χ3n) is 4.99. The largest absolute Gasteiger partial charge is 0.393 e. The van der Waals surface area contributed by atoms with E-state index in [0.717, 1.165) is 45.3 Å². The molecule has 22 heavy (non-hydrogen) atoms. The molecule has 0 bridgehead atoms. The average molecular weight is 312 g/mol. The number of nitrogens with zero attached hydrogens (tertiary/aromatic N) is 1. The van der Waals surface area contributed by atoms with Gasteiger partial charge in [-0.1, -0.05) is 19.8 Å². The van der Waals surface area contributed by atoms with Gasteiger partial charge in [-0.05, 0) is 44.6 Å². The lowest BCUT2D eigenvalue weighted by Crippen LogP contribution is -2.38. The highest BCUT2D eigenvalue weighted by molar-refractivity contribution is 5.77. The Morgan fingerprint density at radius 1 is 1.23 bits per heavy atom. The molecule has 0 aromatic heterocycles. The van der Waals surface area contributed by atoms with Crippen molar-refractivity contribution in [3.63, 3.8) is 0 Å². The maximum atomic E-state index is 11.8. The number of carbonyl (C=O) groups excluding carboxylic acids is 1. The van der Waals surface area contributed by atoms with E-state index in [1.807, 2.05) is 0 Å². The smallest absolute Gasteiger partial charge is 0.246 e. The van der Waals surface area contributed by atoms with Gasteiger partial charge >= 0.3 is 0 Å². The van der Waals surface area contributed by atoms with Gasteiger partial charge in [-0.25, -0.2) is 0 Å². The summed E-state index contributed by atoms with van der Waals surface area (Å²) in [7, 11) is 0. The van der Waals surface area contributed by atoms with Crippen LogP contribution >= 0.6 is 0 Å². The average Bonchev–Trinajstić information content (AvgIpc) is 2.52. The Kier molecular flexibility index (Phi) is 7.63. The van der Waals surface area contributed by atoms with Crippen LogP contribution in [0.5, 0.6) is 0 Å². The summed E-state index contributed by atoms with van der Waals surface area (Å²) in [6, 6.07) is 0. The van der Waals surface area contributed by atoms with Gasteiger partial charge in [0.05, 0.1) is 12.2 Å². The first kappa shape index (κ1) is 17.7. The second-order valence-corrected chi connectivity index (χ2v) is 6.89. The number of rotatable bonds is 7. The SMILES string of the molecule is CC1CCCCC1OCC(=O)NCCCN1CCC(O)CC1. The molecular formula is C17H32N2O3. The standard InChI is InChI=1S/C17H32N2O3/c1-14-5-2-3-6-16(14)22-13-17(21)18-9-4-10-19-11-7-15(20)8-12-19/h14-16,20H,2-13H2,1H3,(H,18,21). The van der Waals surface area contributed by atoms with E-state index in [1.54, 1.807) is 0 Å². The molecule has 0 spiro atoms. The fourth-order valence-electron chi connectivity index (χ4n) is 3.44. The number of aliphatic hydroxyl groups is 1. The van der Waals surface area contributed by atoms with Gasteiger partial charge in [0.25, 0.3) is 0 Å². The van der Waals surface area contributed by atoms with E-state index in [2.05, 4.69) is 17.1 Å². The first-order chi connectivity index (χ1) is 10.6. The van der Waals surface area contributed by atoms with E-state index in [1.165, 1.54) is 19.3 Å². The molecule has 2 fully saturated rings. The van der Waals surface area contributed by atoms with Crippen LogP contribution < -0.4 is 5.32 Å². The lowest BCUT2D eigenvalue weighted by Gasteiger charge is -2.29. The monoisotopic (exact) mass is 312 g/mol. The number of carbonyl (C=O) groups is 1. The van der Waals surface area contributed by atoms with Crippen molar-refractivity contribution >= 4 is 5.91 Å². The third kappa shape index (κ3) is 6.23. The van der Waals surface area contributed by atoms with Gasteiger partial charge in [-0.3, -0.25) is 4.79 Å². The highest BCUT2D eigenvalue weighted by Gasteiger charge is 2.22. The fraction of sp³-hybridized carbons (Fsp3) is 0.941. The van der Waals surface area contributed by atoms with Crippen molar-refractivity contribution in [3.8, 4) is 0 Å². The Balaban J connectivity index is 1.49. The van der Waals surface area contributed by atoms with Crippen LogP contribution in [0.2, 0.25) is 0 Å². The quantitative estimate of drug-likeness (QED) is 0.700. The van der Waals surface area contributed by atoms with Crippen molar-refractivity contribution in [1.82, 2.24) is 10.2 Å². The molecule has 1 saturated carbocycles. The van der Waals surface area contributed by atoms with Gasteiger partial charge in [0.1, 0.15) is 6.61 Å². The molecule has 0 aromatic rings. The van der Waals surface area contributed by atoms with Gasteiger partial charge in [0.2, 0.25) is 5.91 Å². The number of piperidine rings is 1. The number of aliphatic hydroxyl groups excluding tert-OH is 1. The molecule has 2 aliphatic rings. The van der Waals surface area contributed by atoms with Crippen LogP contribution in [0.1, 0.15) is 51.9 Å². The van der Waals surface area contributed by atoms with Crippen molar-refractivity contribution in [3.05, 3.63) is 0 Å². The predicted molar refractivity (Wildman–Crippen MR) is 86.7 cm³/mol. The van der Waals surface area contributed by atoms with Gasteiger partial charge in [0.15, 0.2) is 0 Å². The third-order valence-corrected chi connectivity index (χ3v) is 4.99. The summed E-state index contributed by atoms with van der Waals surface area (Å²) in [6.07, 6.45) is 7.68. The minimum atomic E-state index is -0.115. The summed E-state index contributed by atoms with van der Waals surface area (Å²) < 4.78 is 5.77. The van der Waals surface area contributed by atoms with Crippen LogP contribution in [-0.4, -0.2) is 60.9 Å². The minimum absolute atomic E-state index is 0.00633. The van der Waals surface area contributed by atoms with E-state index in [-0.39, 0.29) is 24.7 Å². The summed E-state index contributed by atoms with van der Waals surface area (Å²) >= 11 is 0.